The van der Waals surface area contributed by atoms with Crippen molar-refractivity contribution in [2.45, 2.75) is 6.92 Å². The Labute approximate surface area is 73.6 Å². The molecule has 0 radical (unpaired) electrons. The molecular formula is C9H8N2O2. The monoisotopic (exact) mass is 176 g/mol. The van der Waals surface area contributed by atoms with Gasteiger partial charge in [0.2, 0.25) is 5.43 Å². The summed E-state index contributed by atoms with van der Waals surface area (Å²) < 4.78 is 0. The molecule has 13 heavy (non-hydrogen) atoms. The number of nitrogens with one attached hydrogen (secondary N) is 2. The normalized spacial score (nSPS) is 10.5. The van der Waals surface area contributed by atoms with Crippen molar-refractivity contribution in [2.24, 2.45) is 0 Å². The van der Waals surface area contributed by atoms with Gasteiger partial charge < -0.3 is 9.97 Å². The standard InChI is InChI=1S/C9H8N2O2/c1-5(12)6-4-11-9-7(13)2-3-10-8(6)9/h2-4,11H,1H3,(H,10,13). The summed E-state index contributed by atoms with van der Waals surface area (Å²) in [5.74, 6) is -0.0619. The van der Waals surface area contributed by atoms with Crippen LogP contribution >= 0.6 is 0 Å². The molecule has 0 saturated heterocycles. The fraction of sp³-hybridized carbons (Fsp3) is 0.111. The second-order valence-electron chi connectivity index (χ2n) is 2.85. The highest BCUT2D eigenvalue weighted by Gasteiger charge is 2.08. The molecule has 0 aliphatic rings. The third-order valence-corrected chi connectivity index (χ3v) is 1.97. The molecule has 0 spiro atoms. The number of ketones is 1. The van der Waals surface area contributed by atoms with E-state index in [-0.39, 0.29) is 11.2 Å². The molecule has 0 aromatic carbocycles. The molecule has 0 saturated carbocycles. The van der Waals surface area contributed by atoms with E-state index in [1.807, 2.05) is 0 Å². The smallest absolute Gasteiger partial charge is 0.205 e. The molecular weight excluding hydrogens is 168 g/mol. The fourth-order valence-corrected chi connectivity index (χ4v) is 1.33. The van der Waals surface area contributed by atoms with Crippen molar-refractivity contribution in [3.05, 3.63) is 34.2 Å². The van der Waals surface area contributed by atoms with E-state index in [0.717, 1.165) is 0 Å². The highest BCUT2D eigenvalue weighted by atomic mass is 16.1. The highest BCUT2D eigenvalue weighted by molar-refractivity contribution is 6.04. The topological polar surface area (TPSA) is 65.7 Å². The number of pyridine rings is 1. The Morgan fingerprint density at radius 1 is 1.31 bits per heavy atom. The first-order valence-corrected chi connectivity index (χ1v) is 3.90. The van der Waals surface area contributed by atoms with Gasteiger partial charge in [0.15, 0.2) is 5.78 Å². The number of aromatic amines is 2. The number of hydrogen-bond donors (Lipinski definition) is 2. The molecule has 2 heterocycles. The van der Waals surface area contributed by atoms with Crippen molar-refractivity contribution >= 4 is 16.8 Å². The fourth-order valence-electron chi connectivity index (χ4n) is 1.33. The van der Waals surface area contributed by atoms with Crippen LogP contribution in [-0.2, 0) is 0 Å². The Bertz CT molecular complexity index is 522. The molecule has 2 aromatic rings. The zero-order chi connectivity index (χ0) is 9.42. The lowest BCUT2D eigenvalue weighted by Gasteiger charge is -1.91. The lowest BCUT2D eigenvalue weighted by Crippen LogP contribution is -2.00. The summed E-state index contributed by atoms with van der Waals surface area (Å²) in [4.78, 5) is 28.0. The van der Waals surface area contributed by atoms with Crippen LogP contribution in [0.1, 0.15) is 17.3 Å². The Morgan fingerprint density at radius 3 is 2.77 bits per heavy atom. The lowest BCUT2D eigenvalue weighted by molar-refractivity contribution is 0.101. The van der Waals surface area contributed by atoms with Crippen molar-refractivity contribution in [1.29, 1.82) is 0 Å². The molecule has 2 N–H and O–H groups in total. The summed E-state index contributed by atoms with van der Waals surface area (Å²) in [6.45, 7) is 1.47. The van der Waals surface area contributed by atoms with Gasteiger partial charge in [0.05, 0.1) is 11.1 Å². The quantitative estimate of drug-likeness (QED) is 0.638. The summed E-state index contributed by atoms with van der Waals surface area (Å²) in [6, 6.07) is 1.42. The van der Waals surface area contributed by atoms with Gasteiger partial charge in [-0.25, -0.2) is 0 Å². The van der Waals surface area contributed by atoms with Gasteiger partial charge in [0.1, 0.15) is 5.52 Å². The van der Waals surface area contributed by atoms with Crippen LogP contribution < -0.4 is 5.43 Å². The summed E-state index contributed by atoms with van der Waals surface area (Å²) in [5, 5.41) is 0. The van der Waals surface area contributed by atoms with Gasteiger partial charge >= 0.3 is 0 Å². The SMILES string of the molecule is CC(=O)c1c[nH]c2c(=O)cc[nH]c12. The van der Waals surface area contributed by atoms with Gasteiger partial charge in [-0.05, 0) is 6.92 Å². The minimum Gasteiger partial charge on any atom is -0.359 e. The number of rotatable bonds is 1. The van der Waals surface area contributed by atoms with E-state index in [4.69, 9.17) is 0 Å². The van der Waals surface area contributed by atoms with E-state index in [1.165, 1.54) is 19.2 Å². The second-order valence-corrected chi connectivity index (χ2v) is 2.85. The third-order valence-electron chi connectivity index (χ3n) is 1.97. The van der Waals surface area contributed by atoms with E-state index in [9.17, 15) is 9.59 Å². The average Bonchev–Trinajstić information content (AvgIpc) is 2.48. The molecule has 4 nitrogen and oxygen atoms in total. The van der Waals surface area contributed by atoms with Crippen LogP contribution in [-0.4, -0.2) is 15.8 Å². The van der Waals surface area contributed by atoms with Crippen LogP contribution in [0.15, 0.2) is 23.3 Å². The number of hydrogen-bond acceptors (Lipinski definition) is 2. The number of fused-ring (bicyclic) bond motifs is 1. The number of aromatic nitrogens is 2. The second kappa shape index (κ2) is 2.58. The van der Waals surface area contributed by atoms with Crippen molar-refractivity contribution in [3.8, 4) is 0 Å². The number of carbonyl (C=O) groups excluding carboxylic acids is 1. The minimum atomic E-state index is -0.110. The van der Waals surface area contributed by atoms with Crippen LogP contribution in [0.3, 0.4) is 0 Å². The zero-order valence-electron chi connectivity index (χ0n) is 7.05. The Kier molecular flexibility index (Phi) is 1.55. The van der Waals surface area contributed by atoms with E-state index in [0.29, 0.717) is 16.6 Å². The van der Waals surface area contributed by atoms with Crippen molar-refractivity contribution in [1.82, 2.24) is 9.97 Å². The predicted molar refractivity (Wildman–Crippen MR) is 48.9 cm³/mol. The first-order chi connectivity index (χ1) is 6.20. The Morgan fingerprint density at radius 2 is 2.08 bits per heavy atom. The average molecular weight is 176 g/mol. The Hall–Kier alpha value is -1.84. The zero-order valence-corrected chi connectivity index (χ0v) is 7.05. The first-order valence-electron chi connectivity index (χ1n) is 3.90. The molecule has 0 aliphatic carbocycles. The minimum absolute atomic E-state index is 0.0619. The van der Waals surface area contributed by atoms with E-state index in [1.54, 1.807) is 6.20 Å². The van der Waals surface area contributed by atoms with Crippen molar-refractivity contribution in [2.75, 3.05) is 0 Å². The Balaban J connectivity index is 2.91. The largest absolute Gasteiger partial charge is 0.359 e. The molecule has 2 aromatic heterocycles. The van der Waals surface area contributed by atoms with Gasteiger partial charge in [-0.15, -0.1) is 0 Å². The van der Waals surface area contributed by atoms with Gasteiger partial charge in [-0.2, -0.15) is 0 Å². The molecule has 0 fully saturated rings. The van der Waals surface area contributed by atoms with Crippen LogP contribution in [0.25, 0.3) is 11.0 Å². The molecule has 66 valence electrons. The van der Waals surface area contributed by atoms with E-state index >= 15 is 0 Å². The predicted octanol–water partition coefficient (Wildman–Crippen LogP) is 1.06. The highest BCUT2D eigenvalue weighted by Crippen LogP contribution is 2.11. The van der Waals surface area contributed by atoms with E-state index in [2.05, 4.69) is 9.97 Å². The van der Waals surface area contributed by atoms with Crippen molar-refractivity contribution < 1.29 is 4.79 Å². The molecule has 0 unspecified atom stereocenters. The molecule has 0 aliphatic heterocycles. The van der Waals surface area contributed by atoms with Gasteiger partial charge in [0, 0.05) is 18.5 Å². The number of carbonyl (C=O) groups is 1. The maximum absolute atomic E-state index is 11.3. The first kappa shape index (κ1) is 7.79. The van der Waals surface area contributed by atoms with E-state index < -0.39 is 0 Å². The van der Waals surface area contributed by atoms with Gasteiger partial charge in [0.25, 0.3) is 0 Å². The molecule has 0 atom stereocenters. The molecule has 4 heteroatoms. The van der Waals surface area contributed by atoms with Crippen LogP contribution in [0.2, 0.25) is 0 Å². The lowest BCUT2D eigenvalue weighted by atomic mass is 10.2. The summed E-state index contributed by atoms with van der Waals surface area (Å²) in [5.41, 5.74) is 1.45. The summed E-state index contributed by atoms with van der Waals surface area (Å²) in [7, 11) is 0. The van der Waals surface area contributed by atoms with Crippen LogP contribution in [0.4, 0.5) is 0 Å². The molecule has 0 amide bonds. The third kappa shape index (κ3) is 1.07. The van der Waals surface area contributed by atoms with Crippen LogP contribution in [0, 0.1) is 0 Å². The maximum atomic E-state index is 11.3. The number of Topliss-reactive ketones (excluding diaryl/α,β-unsaturated/α-hetero) is 1. The summed E-state index contributed by atoms with van der Waals surface area (Å²) in [6.07, 6.45) is 3.08. The van der Waals surface area contributed by atoms with Crippen molar-refractivity contribution in [3.63, 3.8) is 0 Å². The summed E-state index contributed by atoms with van der Waals surface area (Å²) >= 11 is 0. The maximum Gasteiger partial charge on any atom is 0.205 e. The van der Waals surface area contributed by atoms with Gasteiger partial charge in [-0.1, -0.05) is 0 Å². The number of H-pyrrole nitrogens is 2. The molecule has 2 rings (SSSR count). The molecule has 0 bridgehead atoms. The van der Waals surface area contributed by atoms with Gasteiger partial charge in [-0.3, -0.25) is 9.59 Å². The van der Waals surface area contributed by atoms with Crippen LogP contribution in [0.5, 0.6) is 0 Å².